The number of hydrogen-bond donors (Lipinski definition) is 2. The van der Waals surface area contributed by atoms with E-state index in [4.69, 9.17) is 5.73 Å². The predicted molar refractivity (Wildman–Crippen MR) is 96.0 cm³/mol. The highest BCUT2D eigenvalue weighted by molar-refractivity contribution is 5.93. The molecule has 0 aliphatic carbocycles. The van der Waals surface area contributed by atoms with Crippen LogP contribution in [-0.4, -0.2) is 33.8 Å². The largest absolute Gasteiger partial charge is 0.352 e. The van der Waals surface area contributed by atoms with Crippen molar-refractivity contribution in [1.82, 2.24) is 20.1 Å². The van der Waals surface area contributed by atoms with Crippen LogP contribution in [0.25, 0.3) is 5.82 Å². The van der Waals surface area contributed by atoms with Crippen molar-refractivity contribution < 1.29 is 4.79 Å². The molecule has 2 heterocycles. The summed E-state index contributed by atoms with van der Waals surface area (Å²) in [4.78, 5) is 16.2. The van der Waals surface area contributed by atoms with Crippen LogP contribution >= 0.6 is 24.8 Å². The first-order chi connectivity index (χ1) is 10.1. The molecular weight excluding hydrogens is 337 g/mol. The van der Waals surface area contributed by atoms with Crippen molar-refractivity contribution in [1.29, 1.82) is 0 Å². The first kappa shape index (κ1) is 21.4. The van der Waals surface area contributed by atoms with Gasteiger partial charge in [0.15, 0.2) is 5.82 Å². The van der Waals surface area contributed by atoms with E-state index >= 15 is 0 Å². The Labute approximate surface area is 148 Å². The van der Waals surface area contributed by atoms with Gasteiger partial charge in [-0.2, -0.15) is 5.10 Å². The molecule has 0 aromatic carbocycles. The fraction of sp³-hybridized carbons (Fsp3) is 0.400. The fourth-order valence-electron chi connectivity index (χ4n) is 2.08. The number of nitrogens with zero attached hydrogens (tertiary/aromatic N) is 3. The van der Waals surface area contributed by atoms with Crippen LogP contribution in [0.2, 0.25) is 0 Å². The number of carbonyl (C=O) groups excluding carboxylic acids is 1. The van der Waals surface area contributed by atoms with Crippen LogP contribution in [0.3, 0.4) is 0 Å². The summed E-state index contributed by atoms with van der Waals surface area (Å²) in [6, 6.07) is 5.55. The van der Waals surface area contributed by atoms with Crippen molar-refractivity contribution in [3.63, 3.8) is 0 Å². The summed E-state index contributed by atoms with van der Waals surface area (Å²) >= 11 is 0. The van der Waals surface area contributed by atoms with E-state index in [9.17, 15) is 4.79 Å². The quantitative estimate of drug-likeness (QED) is 0.774. The molecule has 0 spiro atoms. The Morgan fingerprint density at radius 2 is 2.00 bits per heavy atom. The number of hydrogen-bond acceptors (Lipinski definition) is 4. The third-order valence-electron chi connectivity index (χ3n) is 3.15. The Bertz CT molecular complexity index is 613. The van der Waals surface area contributed by atoms with E-state index < -0.39 is 0 Å². The molecule has 0 bridgehead atoms. The molecule has 6 nitrogen and oxygen atoms in total. The number of aromatic nitrogens is 3. The second kappa shape index (κ2) is 10.2. The number of nitrogens with two attached hydrogens (primary N) is 1. The smallest absolute Gasteiger partial charge is 0.252 e. The zero-order chi connectivity index (χ0) is 15.2. The van der Waals surface area contributed by atoms with Gasteiger partial charge in [0.25, 0.3) is 5.91 Å². The van der Waals surface area contributed by atoms with E-state index in [1.165, 1.54) is 0 Å². The summed E-state index contributed by atoms with van der Waals surface area (Å²) in [5.74, 6) is 0.597. The van der Waals surface area contributed by atoms with Gasteiger partial charge in [0.2, 0.25) is 0 Å². The van der Waals surface area contributed by atoms with Crippen LogP contribution in [0.1, 0.15) is 34.6 Å². The molecule has 0 aliphatic rings. The van der Waals surface area contributed by atoms with E-state index in [0.717, 1.165) is 24.2 Å². The van der Waals surface area contributed by atoms with Gasteiger partial charge in [-0.15, -0.1) is 24.8 Å². The summed E-state index contributed by atoms with van der Waals surface area (Å²) in [5, 5.41) is 7.22. The lowest BCUT2D eigenvalue weighted by molar-refractivity contribution is 0.0952. The van der Waals surface area contributed by atoms with Crippen molar-refractivity contribution >= 4 is 30.7 Å². The van der Waals surface area contributed by atoms with E-state index in [1.807, 2.05) is 19.9 Å². The predicted octanol–water partition coefficient (Wildman–Crippen LogP) is 2.20. The second-order valence-electron chi connectivity index (χ2n) is 5.00. The fourth-order valence-corrected chi connectivity index (χ4v) is 2.08. The molecule has 2 rings (SSSR count). The summed E-state index contributed by atoms with van der Waals surface area (Å²) < 4.78 is 1.76. The maximum absolute atomic E-state index is 11.9. The number of carbonyl (C=O) groups is 1. The second-order valence-corrected chi connectivity index (χ2v) is 5.00. The monoisotopic (exact) mass is 359 g/mol. The molecule has 3 N–H and O–H groups in total. The Kier molecular flexibility index (Phi) is 9.48. The van der Waals surface area contributed by atoms with E-state index in [0.29, 0.717) is 24.5 Å². The molecule has 128 valence electrons. The molecule has 2 aromatic heterocycles. The summed E-state index contributed by atoms with van der Waals surface area (Å²) in [5.41, 5.74) is 7.91. The van der Waals surface area contributed by atoms with E-state index in [-0.39, 0.29) is 30.7 Å². The normalized spacial score (nSPS) is 9.70. The molecule has 0 radical (unpaired) electrons. The van der Waals surface area contributed by atoms with Crippen molar-refractivity contribution in [3.8, 4) is 5.82 Å². The van der Waals surface area contributed by atoms with Crippen LogP contribution in [-0.2, 0) is 0 Å². The van der Waals surface area contributed by atoms with Gasteiger partial charge < -0.3 is 11.1 Å². The van der Waals surface area contributed by atoms with Crippen LogP contribution in [0, 0.1) is 13.8 Å². The van der Waals surface area contributed by atoms with Crippen LogP contribution in [0.15, 0.2) is 24.4 Å². The van der Waals surface area contributed by atoms with Gasteiger partial charge in [-0.3, -0.25) is 4.79 Å². The van der Waals surface area contributed by atoms with Gasteiger partial charge in [0, 0.05) is 18.4 Å². The van der Waals surface area contributed by atoms with Gasteiger partial charge in [0.1, 0.15) is 0 Å². The zero-order valence-corrected chi connectivity index (χ0v) is 14.9. The van der Waals surface area contributed by atoms with Gasteiger partial charge in [0.05, 0.1) is 11.3 Å². The third-order valence-corrected chi connectivity index (χ3v) is 3.15. The first-order valence-electron chi connectivity index (χ1n) is 7.10. The van der Waals surface area contributed by atoms with Crippen molar-refractivity contribution in [3.05, 3.63) is 41.3 Å². The Hall–Kier alpha value is -1.63. The number of aryl methyl sites for hydroxylation is 2. The minimum absolute atomic E-state index is 0. The Balaban J connectivity index is 0.00000242. The number of halogens is 2. The van der Waals surface area contributed by atoms with Crippen LogP contribution in [0.5, 0.6) is 0 Å². The van der Waals surface area contributed by atoms with Crippen molar-refractivity contribution in [2.75, 3.05) is 13.1 Å². The number of nitrogens with one attached hydrogen (secondary N) is 1. The van der Waals surface area contributed by atoms with Crippen LogP contribution in [0.4, 0.5) is 0 Å². The summed E-state index contributed by atoms with van der Waals surface area (Å²) in [7, 11) is 0. The molecular formula is C15H23Cl2N5O. The van der Waals surface area contributed by atoms with Gasteiger partial charge in [-0.1, -0.05) is 0 Å². The molecule has 2 aromatic rings. The minimum atomic E-state index is -0.112. The summed E-state index contributed by atoms with van der Waals surface area (Å²) in [6.07, 6.45) is 3.37. The number of pyridine rings is 1. The number of amides is 1. The maximum atomic E-state index is 11.9. The average Bonchev–Trinajstić information content (AvgIpc) is 2.82. The standard InChI is InChI=1S/C15H21N5O.2ClH/c1-11-9-12(2)20(19-11)14-6-5-13(10-18-14)15(21)17-8-4-3-7-16;;/h5-6,9-10H,3-4,7-8,16H2,1-2H3,(H,17,21);2*1H. The molecule has 1 amide bonds. The maximum Gasteiger partial charge on any atom is 0.252 e. The molecule has 0 saturated carbocycles. The van der Waals surface area contributed by atoms with Crippen LogP contribution < -0.4 is 11.1 Å². The molecule has 0 aliphatic heterocycles. The first-order valence-corrected chi connectivity index (χ1v) is 7.10. The van der Waals surface area contributed by atoms with E-state index in [1.54, 1.807) is 23.0 Å². The molecule has 0 atom stereocenters. The molecule has 8 heteroatoms. The minimum Gasteiger partial charge on any atom is -0.352 e. The Morgan fingerprint density at radius 1 is 1.26 bits per heavy atom. The molecule has 0 fully saturated rings. The number of rotatable bonds is 6. The SMILES string of the molecule is Cc1cc(C)n(-c2ccc(C(=O)NCCCCN)cn2)n1.Cl.Cl. The number of unbranched alkanes of at least 4 members (excludes halogenated alkanes) is 1. The highest BCUT2D eigenvalue weighted by atomic mass is 35.5. The van der Waals surface area contributed by atoms with Gasteiger partial charge in [-0.05, 0) is 51.4 Å². The lowest BCUT2D eigenvalue weighted by atomic mass is 10.2. The highest BCUT2D eigenvalue weighted by Gasteiger charge is 2.08. The Morgan fingerprint density at radius 3 is 2.52 bits per heavy atom. The van der Waals surface area contributed by atoms with Crippen molar-refractivity contribution in [2.24, 2.45) is 5.73 Å². The van der Waals surface area contributed by atoms with Crippen molar-refractivity contribution in [2.45, 2.75) is 26.7 Å². The lowest BCUT2D eigenvalue weighted by Crippen LogP contribution is -2.25. The average molecular weight is 360 g/mol. The molecule has 0 unspecified atom stereocenters. The summed E-state index contributed by atoms with van der Waals surface area (Å²) in [6.45, 7) is 5.19. The zero-order valence-electron chi connectivity index (χ0n) is 13.3. The third kappa shape index (κ3) is 5.82. The lowest BCUT2D eigenvalue weighted by Gasteiger charge is -2.06. The molecule has 0 saturated heterocycles. The van der Waals surface area contributed by atoms with E-state index in [2.05, 4.69) is 15.4 Å². The van der Waals surface area contributed by atoms with Gasteiger partial charge >= 0.3 is 0 Å². The topological polar surface area (TPSA) is 85.8 Å². The highest BCUT2D eigenvalue weighted by Crippen LogP contribution is 2.10. The molecule has 23 heavy (non-hydrogen) atoms. The van der Waals surface area contributed by atoms with Gasteiger partial charge in [-0.25, -0.2) is 9.67 Å².